The van der Waals surface area contributed by atoms with E-state index in [0.29, 0.717) is 5.92 Å². The van der Waals surface area contributed by atoms with Crippen molar-refractivity contribution in [3.8, 4) is 0 Å². The summed E-state index contributed by atoms with van der Waals surface area (Å²) in [6, 6.07) is 6.54. The number of benzene rings is 1. The molecule has 1 nitrogen and oxygen atoms in total. The minimum Gasteiger partial charge on any atom is -0.330 e. The Morgan fingerprint density at radius 3 is 3.07 bits per heavy atom. The van der Waals surface area contributed by atoms with E-state index in [4.69, 9.17) is 5.73 Å². The molecule has 1 aromatic rings. The van der Waals surface area contributed by atoms with Crippen molar-refractivity contribution in [2.45, 2.75) is 26.2 Å². The van der Waals surface area contributed by atoms with Crippen molar-refractivity contribution >= 4 is 15.9 Å². The number of hydrogen-bond acceptors (Lipinski definition) is 1. The van der Waals surface area contributed by atoms with Gasteiger partial charge in [0.1, 0.15) is 0 Å². The van der Waals surface area contributed by atoms with Gasteiger partial charge in [-0.05, 0) is 54.8 Å². The van der Waals surface area contributed by atoms with E-state index in [9.17, 15) is 0 Å². The zero-order chi connectivity index (χ0) is 10.8. The Morgan fingerprint density at radius 2 is 2.33 bits per heavy atom. The second kappa shape index (κ2) is 4.67. The van der Waals surface area contributed by atoms with Crippen molar-refractivity contribution in [3.63, 3.8) is 0 Å². The first-order chi connectivity index (χ1) is 7.22. The molecule has 0 heterocycles. The third kappa shape index (κ3) is 2.26. The molecule has 0 saturated heterocycles. The van der Waals surface area contributed by atoms with Crippen LogP contribution >= 0.6 is 15.9 Å². The molecule has 2 atom stereocenters. The van der Waals surface area contributed by atoms with Gasteiger partial charge in [0.25, 0.3) is 0 Å². The van der Waals surface area contributed by atoms with E-state index < -0.39 is 0 Å². The van der Waals surface area contributed by atoms with Crippen LogP contribution in [-0.4, -0.2) is 6.54 Å². The maximum Gasteiger partial charge on any atom is 0.0210 e. The summed E-state index contributed by atoms with van der Waals surface area (Å²) in [6.45, 7) is 3.08. The van der Waals surface area contributed by atoms with Gasteiger partial charge in [0.15, 0.2) is 0 Å². The van der Waals surface area contributed by atoms with E-state index in [1.807, 2.05) is 0 Å². The predicted molar refractivity (Wildman–Crippen MR) is 67.9 cm³/mol. The number of rotatable bonds is 2. The molecule has 0 fully saturated rings. The summed E-state index contributed by atoms with van der Waals surface area (Å²) in [5, 5.41) is 0. The molecular formula is C13H18BrN. The predicted octanol–water partition coefficient (Wildman–Crippen LogP) is 3.15. The highest BCUT2D eigenvalue weighted by molar-refractivity contribution is 9.10. The van der Waals surface area contributed by atoms with Crippen LogP contribution in [0.1, 0.15) is 24.5 Å². The number of halogens is 1. The summed E-state index contributed by atoms with van der Waals surface area (Å²) < 4.78 is 1.27. The molecular weight excluding hydrogens is 250 g/mol. The normalized spacial score (nSPS) is 22.2. The standard InChI is InChI=1S/C13H18BrN/c1-9(8-15)11-6-5-10-3-2-4-13(14)12(10)7-11/h2-4,9,11H,5-8,15H2,1H3. The SMILES string of the molecule is CC(CN)C1CCc2cccc(Br)c2C1. The van der Waals surface area contributed by atoms with Crippen molar-refractivity contribution in [2.75, 3.05) is 6.54 Å². The van der Waals surface area contributed by atoms with E-state index in [-0.39, 0.29) is 0 Å². The van der Waals surface area contributed by atoms with Crippen molar-refractivity contribution in [1.29, 1.82) is 0 Å². The lowest BCUT2D eigenvalue weighted by molar-refractivity contribution is 0.326. The first kappa shape index (κ1) is 11.2. The molecule has 0 aromatic heterocycles. The minimum absolute atomic E-state index is 0.644. The average molecular weight is 268 g/mol. The molecule has 0 saturated carbocycles. The van der Waals surface area contributed by atoms with E-state index in [1.54, 1.807) is 0 Å². The molecule has 1 aliphatic rings. The molecule has 2 N–H and O–H groups in total. The fourth-order valence-electron chi connectivity index (χ4n) is 2.45. The minimum atomic E-state index is 0.644. The second-order valence-electron chi connectivity index (χ2n) is 4.59. The Hall–Kier alpha value is -0.340. The zero-order valence-electron chi connectivity index (χ0n) is 9.17. The van der Waals surface area contributed by atoms with Gasteiger partial charge < -0.3 is 5.73 Å². The van der Waals surface area contributed by atoms with Gasteiger partial charge in [0, 0.05) is 4.47 Å². The molecule has 1 aliphatic carbocycles. The molecule has 82 valence electrons. The van der Waals surface area contributed by atoms with Crippen LogP contribution in [0.4, 0.5) is 0 Å². The van der Waals surface area contributed by atoms with Crippen LogP contribution in [-0.2, 0) is 12.8 Å². The summed E-state index contributed by atoms with van der Waals surface area (Å²) in [4.78, 5) is 0. The smallest absolute Gasteiger partial charge is 0.0210 e. The number of fused-ring (bicyclic) bond motifs is 1. The lowest BCUT2D eigenvalue weighted by atomic mass is 9.78. The summed E-state index contributed by atoms with van der Waals surface area (Å²) >= 11 is 3.65. The van der Waals surface area contributed by atoms with E-state index in [1.165, 1.54) is 34.9 Å². The van der Waals surface area contributed by atoms with Crippen LogP contribution < -0.4 is 5.73 Å². The third-order valence-corrected chi connectivity index (χ3v) is 4.39. The zero-order valence-corrected chi connectivity index (χ0v) is 10.8. The quantitative estimate of drug-likeness (QED) is 0.876. The molecule has 2 heteroatoms. The Balaban J connectivity index is 2.22. The highest BCUT2D eigenvalue weighted by atomic mass is 79.9. The molecule has 2 unspecified atom stereocenters. The molecule has 1 aromatic carbocycles. The van der Waals surface area contributed by atoms with Crippen LogP contribution in [0.5, 0.6) is 0 Å². The van der Waals surface area contributed by atoms with Crippen molar-refractivity contribution in [2.24, 2.45) is 17.6 Å². The van der Waals surface area contributed by atoms with E-state index in [2.05, 4.69) is 41.1 Å². The van der Waals surface area contributed by atoms with Gasteiger partial charge in [0.05, 0.1) is 0 Å². The number of nitrogens with two attached hydrogens (primary N) is 1. The Labute approximate surface area is 100 Å². The number of aryl methyl sites for hydroxylation is 1. The van der Waals surface area contributed by atoms with Gasteiger partial charge in [0.2, 0.25) is 0 Å². The number of hydrogen-bond donors (Lipinski definition) is 1. The maximum absolute atomic E-state index is 5.75. The highest BCUT2D eigenvalue weighted by Crippen LogP contribution is 2.33. The van der Waals surface area contributed by atoms with Crippen LogP contribution in [0.2, 0.25) is 0 Å². The molecule has 0 radical (unpaired) electrons. The first-order valence-corrected chi connectivity index (χ1v) is 6.48. The van der Waals surface area contributed by atoms with Gasteiger partial charge >= 0.3 is 0 Å². The lowest BCUT2D eigenvalue weighted by Gasteiger charge is -2.29. The summed E-state index contributed by atoms with van der Waals surface area (Å²) in [6.07, 6.45) is 3.70. The summed E-state index contributed by atoms with van der Waals surface area (Å²) in [7, 11) is 0. The Kier molecular flexibility index (Phi) is 3.47. The van der Waals surface area contributed by atoms with Crippen molar-refractivity contribution < 1.29 is 0 Å². The van der Waals surface area contributed by atoms with E-state index >= 15 is 0 Å². The fraction of sp³-hybridized carbons (Fsp3) is 0.538. The van der Waals surface area contributed by atoms with Crippen LogP contribution in [0.25, 0.3) is 0 Å². The largest absolute Gasteiger partial charge is 0.330 e. The van der Waals surface area contributed by atoms with Gasteiger partial charge in [-0.1, -0.05) is 35.0 Å². The van der Waals surface area contributed by atoms with Gasteiger partial charge in [-0.2, -0.15) is 0 Å². The third-order valence-electron chi connectivity index (χ3n) is 3.64. The van der Waals surface area contributed by atoms with E-state index in [0.717, 1.165) is 12.5 Å². The van der Waals surface area contributed by atoms with Crippen molar-refractivity contribution in [1.82, 2.24) is 0 Å². The Morgan fingerprint density at radius 1 is 1.53 bits per heavy atom. The monoisotopic (exact) mass is 267 g/mol. The molecule has 0 spiro atoms. The molecule has 15 heavy (non-hydrogen) atoms. The molecule has 2 rings (SSSR count). The molecule has 0 aliphatic heterocycles. The van der Waals surface area contributed by atoms with Crippen LogP contribution in [0, 0.1) is 11.8 Å². The maximum atomic E-state index is 5.75. The van der Waals surface area contributed by atoms with Crippen molar-refractivity contribution in [3.05, 3.63) is 33.8 Å². The average Bonchev–Trinajstić information content (AvgIpc) is 2.28. The summed E-state index contributed by atoms with van der Waals surface area (Å²) in [5.41, 5.74) is 8.78. The highest BCUT2D eigenvalue weighted by Gasteiger charge is 2.23. The van der Waals surface area contributed by atoms with Gasteiger partial charge in [-0.15, -0.1) is 0 Å². The topological polar surface area (TPSA) is 26.0 Å². The summed E-state index contributed by atoms with van der Waals surface area (Å²) in [5.74, 6) is 1.41. The van der Waals surface area contributed by atoms with Crippen LogP contribution in [0.15, 0.2) is 22.7 Å². The first-order valence-electron chi connectivity index (χ1n) is 5.68. The molecule has 0 bridgehead atoms. The van der Waals surface area contributed by atoms with Gasteiger partial charge in [-0.3, -0.25) is 0 Å². The fourth-order valence-corrected chi connectivity index (χ4v) is 3.02. The molecule has 0 amide bonds. The van der Waals surface area contributed by atoms with Gasteiger partial charge in [-0.25, -0.2) is 0 Å². The Bertz CT molecular complexity index is 348. The second-order valence-corrected chi connectivity index (χ2v) is 5.45. The lowest BCUT2D eigenvalue weighted by Crippen LogP contribution is -2.26. The van der Waals surface area contributed by atoms with Crippen LogP contribution in [0.3, 0.4) is 0 Å².